The van der Waals surface area contributed by atoms with Gasteiger partial charge in [0.2, 0.25) is 0 Å². The molecule has 0 saturated carbocycles. The number of halogens is 3. The van der Waals surface area contributed by atoms with Crippen LogP contribution in [0.1, 0.15) is 18.0 Å². The van der Waals surface area contributed by atoms with Gasteiger partial charge < -0.3 is 5.73 Å². The molecule has 1 atom stereocenters. The molecule has 0 fully saturated rings. The van der Waals surface area contributed by atoms with Crippen molar-refractivity contribution in [3.8, 4) is 0 Å². The van der Waals surface area contributed by atoms with E-state index in [2.05, 4.69) is 15.9 Å². The van der Waals surface area contributed by atoms with E-state index in [0.29, 0.717) is 10.0 Å². The number of nitrogens with two attached hydrogens (primary N) is 1. The zero-order valence-electron chi connectivity index (χ0n) is 6.93. The molecule has 0 spiro atoms. The summed E-state index contributed by atoms with van der Waals surface area (Å²) in [6, 6.07) is 3.93. The van der Waals surface area contributed by atoms with E-state index in [1.54, 1.807) is 6.07 Å². The summed E-state index contributed by atoms with van der Waals surface area (Å²) in [4.78, 5) is 0. The summed E-state index contributed by atoms with van der Waals surface area (Å²) in [5, 5.41) is 0. The van der Waals surface area contributed by atoms with Crippen LogP contribution in [0, 0.1) is 5.82 Å². The van der Waals surface area contributed by atoms with Crippen molar-refractivity contribution in [3.63, 3.8) is 0 Å². The first-order chi connectivity index (χ1) is 6.13. The Morgan fingerprint density at radius 3 is 2.62 bits per heavy atom. The Hall–Kier alpha value is -0.480. The molecular weight excluding hydrogens is 240 g/mol. The van der Waals surface area contributed by atoms with Gasteiger partial charge in [0.1, 0.15) is 5.82 Å². The van der Waals surface area contributed by atoms with Crippen LogP contribution in [0.5, 0.6) is 0 Å². The second kappa shape index (κ2) is 4.67. The fraction of sp³-hybridized carbons (Fsp3) is 0.333. The van der Waals surface area contributed by atoms with Crippen LogP contribution in [-0.4, -0.2) is 6.67 Å². The van der Waals surface area contributed by atoms with Gasteiger partial charge >= 0.3 is 0 Å². The van der Waals surface area contributed by atoms with Gasteiger partial charge in [0, 0.05) is 10.5 Å². The predicted octanol–water partition coefficient (Wildman–Crippen LogP) is 2.95. The van der Waals surface area contributed by atoms with Gasteiger partial charge in [0.25, 0.3) is 0 Å². The minimum Gasteiger partial charge on any atom is -0.324 e. The van der Waals surface area contributed by atoms with Crippen molar-refractivity contribution >= 4 is 15.9 Å². The van der Waals surface area contributed by atoms with Crippen molar-refractivity contribution in [1.82, 2.24) is 0 Å². The van der Waals surface area contributed by atoms with Gasteiger partial charge in [0.05, 0.1) is 6.67 Å². The first kappa shape index (κ1) is 10.6. The van der Waals surface area contributed by atoms with Crippen LogP contribution in [0.25, 0.3) is 0 Å². The molecule has 0 amide bonds. The molecule has 0 bridgehead atoms. The fourth-order valence-corrected chi connectivity index (χ4v) is 1.56. The molecule has 13 heavy (non-hydrogen) atoms. The van der Waals surface area contributed by atoms with Crippen molar-refractivity contribution in [2.24, 2.45) is 5.73 Å². The van der Waals surface area contributed by atoms with E-state index in [-0.39, 0.29) is 12.2 Å². The summed E-state index contributed by atoms with van der Waals surface area (Å²) in [6.07, 6.45) is 0.218. The summed E-state index contributed by atoms with van der Waals surface area (Å²) < 4.78 is 25.4. The Morgan fingerprint density at radius 2 is 2.08 bits per heavy atom. The maximum atomic E-state index is 12.8. The van der Waals surface area contributed by atoms with Gasteiger partial charge in [-0.3, -0.25) is 4.39 Å². The van der Waals surface area contributed by atoms with Crippen molar-refractivity contribution in [2.45, 2.75) is 12.5 Å². The van der Waals surface area contributed by atoms with E-state index >= 15 is 0 Å². The maximum Gasteiger partial charge on any atom is 0.124 e. The summed E-state index contributed by atoms with van der Waals surface area (Å²) in [5.41, 5.74) is 6.23. The lowest BCUT2D eigenvalue weighted by Crippen LogP contribution is -2.11. The molecule has 0 aromatic heterocycles. The van der Waals surface area contributed by atoms with Gasteiger partial charge in [0.15, 0.2) is 0 Å². The third-order valence-corrected chi connectivity index (χ3v) is 2.19. The van der Waals surface area contributed by atoms with Crippen LogP contribution < -0.4 is 5.73 Å². The van der Waals surface area contributed by atoms with Crippen LogP contribution in [0.2, 0.25) is 0 Å². The monoisotopic (exact) mass is 249 g/mol. The van der Waals surface area contributed by atoms with E-state index < -0.39 is 12.7 Å². The molecule has 0 heterocycles. The smallest absolute Gasteiger partial charge is 0.124 e. The van der Waals surface area contributed by atoms with Gasteiger partial charge in [-0.05, 0) is 30.2 Å². The van der Waals surface area contributed by atoms with E-state index in [1.807, 2.05) is 0 Å². The first-order valence-corrected chi connectivity index (χ1v) is 4.70. The highest BCUT2D eigenvalue weighted by Crippen LogP contribution is 2.20. The second-order valence-electron chi connectivity index (χ2n) is 2.79. The third-order valence-electron chi connectivity index (χ3n) is 1.73. The predicted molar refractivity (Wildman–Crippen MR) is 51.6 cm³/mol. The number of rotatable bonds is 3. The molecule has 2 N–H and O–H groups in total. The lowest BCUT2D eigenvalue weighted by molar-refractivity contribution is 0.441. The quantitative estimate of drug-likeness (QED) is 0.876. The minimum absolute atomic E-state index is 0.218. The molecule has 0 saturated heterocycles. The van der Waals surface area contributed by atoms with Gasteiger partial charge in [-0.25, -0.2) is 4.39 Å². The molecule has 0 aliphatic rings. The number of hydrogen-bond acceptors (Lipinski definition) is 1. The van der Waals surface area contributed by atoms with Crippen molar-refractivity contribution in [3.05, 3.63) is 34.1 Å². The zero-order valence-corrected chi connectivity index (χ0v) is 8.52. The minimum atomic E-state index is -0.491. The van der Waals surface area contributed by atoms with Crippen LogP contribution in [0.15, 0.2) is 22.7 Å². The number of alkyl halides is 1. The molecule has 0 aliphatic heterocycles. The van der Waals surface area contributed by atoms with E-state index in [1.165, 1.54) is 12.1 Å². The molecule has 1 aromatic rings. The standard InChI is InChI=1S/C9H10BrF2N/c10-7-3-6(4-8(12)5-7)9(13)1-2-11/h3-5,9H,1-2,13H2/t9-/m1/s1. The number of hydrogen-bond donors (Lipinski definition) is 1. The average Bonchev–Trinajstić information content (AvgIpc) is 2.03. The van der Waals surface area contributed by atoms with Gasteiger partial charge in [-0.2, -0.15) is 0 Å². The van der Waals surface area contributed by atoms with Crippen LogP contribution in [0.4, 0.5) is 8.78 Å². The highest BCUT2D eigenvalue weighted by Gasteiger charge is 2.07. The van der Waals surface area contributed by atoms with Crippen molar-refractivity contribution in [1.29, 1.82) is 0 Å². The Labute approximate surface area is 84.1 Å². The lowest BCUT2D eigenvalue weighted by Gasteiger charge is -2.10. The second-order valence-corrected chi connectivity index (χ2v) is 3.70. The first-order valence-electron chi connectivity index (χ1n) is 3.91. The number of benzene rings is 1. The zero-order chi connectivity index (χ0) is 9.84. The lowest BCUT2D eigenvalue weighted by atomic mass is 10.1. The molecule has 72 valence electrons. The van der Waals surface area contributed by atoms with Crippen LogP contribution in [0.3, 0.4) is 0 Å². The molecule has 1 aromatic carbocycles. The molecule has 1 nitrogen and oxygen atoms in total. The molecule has 0 unspecified atom stereocenters. The highest BCUT2D eigenvalue weighted by molar-refractivity contribution is 9.10. The van der Waals surface area contributed by atoms with Gasteiger partial charge in [-0.15, -0.1) is 0 Å². The van der Waals surface area contributed by atoms with Crippen molar-refractivity contribution in [2.75, 3.05) is 6.67 Å². The molecule has 4 heteroatoms. The molecule has 0 radical (unpaired) electrons. The fourth-order valence-electron chi connectivity index (χ4n) is 1.07. The normalized spacial score (nSPS) is 12.9. The summed E-state index contributed by atoms with van der Waals surface area (Å²) in [7, 11) is 0. The Bertz CT molecular complexity index is 271. The summed E-state index contributed by atoms with van der Waals surface area (Å²) in [6.45, 7) is -0.491. The molecular formula is C9H10BrF2N. The summed E-state index contributed by atoms with van der Waals surface area (Å²) >= 11 is 3.14. The maximum absolute atomic E-state index is 12.8. The van der Waals surface area contributed by atoms with E-state index in [0.717, 1.165) is 0 Å². The van der Waals surface area contributed by atoms with Crippen molar-refractivity contribution < 1.29 is 8.78 Å². The topological polar surface area (TPSA) is 26.0 Å². The van der Waals surface area contributed by atoms with E-state index in [4.69, 9.17) is 5.73 Å². The Kier molecular flexibility index (Phi) is 3.81. The molecule has 0 aliphatic carbocycles. The van der Waals surface area contributed by atoms with E-state index in [9.17, 15) is 8.78 Å². The molecule has 1 rings (SSSR count). The van der Waals surface area contributed by atoms with Gasteiger partial charge in [-0.1, -0.05) is 15.9 Å². The third kappa shape index (κ3) is 3.04. The Balaban J connectivity index is 2.87. The Morgan fingerprint density at radius 1 is 1.38 bits per heavy atom. The largest absolute Gasteiger partial charge is 0.324 e. The summed E-state index contributed by atoms with van der Waals surface area (Å²) in [5.74, 6) is -0.362. The van der Waals surface area contributed by atoms with Crippen LogP contribution >= 0.6 is 15.9 Å². The van der Waals surface area contributed by atoms with Crippen LogP contribution in [-0.2, 0) is 0 Å². The SMILES string of the molecule is N[C@H](CCF)c1cc(F)cc(Br)c1. The average molecular weight is 250 g/mol. The highest BCUT2D eigenvalue weighted by atomic mass is 79.9.